The zero-order chi connectivity index (χ0) is 14.7. The van der Waals surface area contributed by atoms with Crippen molar-refractivity contribution in [3.8, 4) is 5.88 Å². The van der Waals surface area contributed by atoms with Crippen molar-refractivity contribution in [2.24, 2.45) is 18.7 Å². The number of methoxy groups -OCH3 is 1. The number of rotatable bonds is 5. The Balaban J connectivity index is 2.43. The van der Waals surface area contributed by atoms with E-state index in [9.17, 15) is 0 Å². The Morgan fingerprint density at radius 3 is 2.80 bits per heavy atom. The molecule has 2 rings (SSSR count). The maximum absolute atomic E-state index is 6.04. The first-order valence-corrected chi connectivity index (χ1v) is 7.65. The number of ether oxygens (including phenoxy) is 1. The Bertz CT molecular complexity index is 441. The highest BCUT2D eigenvalue weighted by Crippen LogP contribution is 2.41. The number of hydrogen-bond donors (Lipinski definition) is 1. The molecule has 0 saturated carbocycles. The van der Waals surface area contributed by atoms with E-state index >= 15 is 0 Å². The molecule has 0 amide bonds. The van der Waals surface area contributed by atoms with Crippen molar-refractivity contribution >= 4 is 0 Å². The number of aromatic nitrogens is 2. The fourth-order valence-corrected chi connectivity index (χ4v) is 3.59. The van der Waals surface area contributed by atoms with Gasteiger partial charge in [-0.05, 0) is 51.7 Å². The molecule has 1 saturated heterocycles. The Hall–Kier alpha value is -1.07. The van der Waals surface area contributed by atoms with Gasteiger partial charge in [0, 0.05) is 13.1 Å². The second kappa shape index (κ2) is 6.59. The Morgan fingerprint density at radius 2 is 2.20 bits per heavy atom. The molecule has 1 aliphatic heterocycles. The van der Waals surface area contributed by atoms with E-state index in [1.54, 1.807) is 7.11 Å². The summed E-state index contributed by atoms with van der Waals surface area (Å²) < 4.78 is 7.45. The van der Waals surface area contributed by atoms with Gasteiger partial charge in [0.15, 0.2) is 0 Å². The smallest absolute Gasteiger partial charge is 0.216 e. The molecule has 2 N–H and O–H groups in total. The van der Waals surface area contributed by atoms with Crippen LogP contribution in [0.4, 0.5) is 0 Å². The van der Waals surface area contributed by atoms with Gasteiger partial charge in [-0.1, -0.05) is 6.92 Å². The molecular weight excluding hydrogens is 252 g/mol. The lowest BCUT2D eigenvalue weighted by atomic mass is 9.84. The third-order valence-electron chi connectivity index (χ3n) is 4.38. The van der Waals surface area contributed by atoms with E-state index in [4.69, 9.17) is 10.5 Å². The van der Waals surface area contributed by atoms with Crippen LogP contribution in [-0.2, 0) is 7.05 Å². The fraction of sp³-hybridized carbons (Fsp3) is 0.800. The molecule has 1 aromatic heterocycles. The predicted octanol–water partition coefficient (Wildman–Crippen LogP) is 1.86. The van der Waals surface area contributed by atoms with E-state index in [1.165, 1.54) is 18.4 Å². The lowest BCUT2D eigenvalue weighted by Crippen LogP contribution is -2.42. The number of nitrogens with zero attached hydrogens (tertiary/aromatic N) is 3. The molecule has 1 aromatic rings. The van der Waals surface area contributed by atoms with Crippen LogP contribution >= 0.6 is 0 Å². The van der Waals surface area contributed by atoms with Gasteiger partial charge in [-0.25, -0.2) is 4.68 Å². The Labute approximate surface area is 122 Å². The molecule has 20 heavy (non-hydrogen) atoms. The zero-order valence-electron chi connectivity index (χ0n) is 13.2. The van der Waals surface area contributed by atoms with E-state index in [0.717, 1.165) is 37.6 Å². The Kier molecular flexibility index (Phi) is 5.05. The molecule has 0 bridgehead atoms. The van der Waals surface area contributed by atoms with Gasteiger partial charge in [0.05, 0.1) is 18.4 Å². The fourth-order valence-electron chi connectivity index (χ4n) is 3.59. The number of likely N-dealkylation sites (tertiary alicyclic amines) is 1. The van der Waals surface area contributed by atoms with Gasteiger partial charge in [0.1, 0.15) is 0 Å². The van der Waals surface area contributed by atoms with Gasteiger partial charge in [-0.15, -0.1) is 0 Å². The topological polar surface area (TPSA) is 56.3 Å². The standard InChI is InChI=1S/C15H28N4O/c1-5-8-19-9-6-7-12(10-16)14(19)13-11(2)17-18(3)15(13)20-4/h12,14H,5-10,16H2,1-4H3. The summed E-state index contributed by atoms with van der Waals surface area (Å²) in [5.41, 5.74) is 8.34. The molecule has 5 nitrogen and oxygen atoms in total. The minimum atomic E-state index is 0.345. The molecule has 114 valence electrons. The molecule has 0 aromatic carbocycles. The largest absolute Gasteiger partial charge is 0.481 e. The zero-order valence-corrected chi connectivity index (χ0v) is 13.2. The third kappa shape index (κ3) is 2.69. The first-order chi connectivity index (χ1) is 9.63. The number of aryl methyl sites for hydroxylation is 2. The van der Waals surface area contributed by atoms with E-state index < -0.39 is 0 Å². The van der Waals surface area contributed by atoms with Gasteiger partial charge in [0.25, 0.3) is 0 Å². The molecule has 1 fully saturated rings. The molecule has 2 heterocycles. The molecule has 5 heteroatoms. The average Bonchev–Trinajstić information content (AvgIpc) is 2.72. The molecule has 0 radical (unpaired) electrons. The first kappa shape index (κ1) is 15.3. The quantitative estimate of drug-likeness (QED) is 0.894. The van der Waals surface area contributed by atoms with Crippen molar-refractivity contribution < 1.29 is 4.74 Å². The minimum Gasteiger partial charge on any atom is -0.481 e. The van der Waals surface area contributed by atoms with Crippen LogP contribution in [-0.4, -0.2) is 41.4 Å². The summed E-state index contributed by atoms with van der Waals surface area (Å²) in [5.74, 6) is 1.38. The van der Waals surface area contributed by atoms with Crippen molar-refractivity contribution in [2.45, 2.75) is 39.2 Å². The summed E-state index contributed by atoms with van der Waals surface area (Å²) in [6.45, 7) is 7.29. The molecule has 2 atom stereocenters. The van der Waals surface area contributed by atoms with Gasteiger partial charge in [0.2, 0.25) is 5.88 Å². The molecule has 1 aliphatic rings. The number of nitrogens with two attached hydrogens (primary N) is 1. The van der Waals surface area contributed by atoms with Gasteiger partial charge in [-0.2, -0.15) is 5.10 Å². The Morgan fingerprint density at radius 1 is 1.45 bits per heavy atom. The van der Waals surface area contributed by atoms with Gasteiger partial charge < -0.3 is 10.5 Å². The van der Waals surface area contributed by atoms with Crippen LogP contribution in [0.5, 0.6) is 5.88 Å². The second-order valence-electron chi connectivity index (χ2n) is 5.75. The van der Waals surface area contributed by atoms with Crippen LogP contribution in [0.25, 0.3) is 0 Å². The highest BCUT2D eigenvalue weighted by molar-refractivity contribution is 5.35. The van der Waals surface area contributed by atoms with Crippen LogP contribution in [0.1, 0.15) is 43.5 Å². The SMILES string of the molecule is CCCN1CCCC(CN)C1c1c(C)nn(C)c1OC. The van der Waals surface area contributed by atoms with Crippen molar-refractivity contribution in [3.63, 3.8) is 0 Å². The van der Waals surface area contributed by atoms with Crippen molar-refractivity contribution in [1.29, 1.82) is 0 Å². The van der Waals surface area contributed by atoms with E-state index in [1.807, 2.05) is 11.7 Å². The van der Waals surface area contributed by atoms with Gasteiger partial charge >= 0.3 is 0 Å². The van der Waals surface area contributed by atoms with Crippen molar-refractivity contribution in [1.82, 2.24) is 14.7 Å². The van der Waals surface area contributed by atoms with Crippen LogP contribution in [0.15, 0.2) is 0 Å². The number of hydrogen-bond acceptors (Lipinski definition) is 4. The average molecular weight is 280 g/mol. The minimum absolute atomic E-state index is 0.345. The van der Waals surface area contributed by atoms with E-state index in [0.29, 0.717) is 12.0 Å². The summed E-state index contributed by atoms with van der Waals surface area (Å²) in [6.07, 6.45) is 3.59. The summed E-state index contributed by atoms with van der Waals surface area (Å²) in [6, 6.07) is 0.345. The summed E-state index contributed by atoms with van der Waals surface area (Å²) in [4.78, 5) is 2.56. The van der Waals surface area contributed by atoms with Crippen LogP contribution in [0.3, 0.4) is 0 Å². The predicted molar refractivity (Wildman–Crippen MR) is 80.9 cm³/mol. The second-order valence-corrected chi connectivity index (χ2v) is 5.75. The summed E-state index contributed by atoms with van der Waals surface area (Å²) >= 11 is 0. The first-order valence-electron chi connectivity index (χ1n) is 7.65. The highest BCUT2D eigenvalue weighted by Gasteiger charge is 2.36. The van der Waals surface area contributed by atoms with Crippen LogP contribution in [0.2, 0.25) is 0 Å². The van der Waals surface area contributed by atoms with Crippen molar-refractivity contribution in [2.75, 3.05) is 26.7 Å². The molecule has 0 spiro atoms. The maximum Gasteiger partial charge on any atom is 0.216 e. The van der Waals surface area contributed by atoms with E-state index in [2.05, 4.69) is 23.8 Å². The van der Waals surface area contributed by atoms with Gasteiger partial charge in [-0.3, -0.25) is 4.90 Å². The van der Waals surface area contributed by atoms with E-state index in [-0.39, 0.29) is 0 Å². The highest BCUT2D eigenvalue weighted by atomic mass is 16.5. The summed E-state index contributed by atoms with van der Waals surface area (Å²) in [7, 11) is 3.67. The third-order valence-corrected chi connectivity index (χ3v) is 4.38. The molecule has 2 unspecified atom stereocenters. The number of piperidine rings is 1. The van der Waals surface area contributed by atoms with Crippen LogP contribution in [0, 0.1) is 12.8 Å². The molecular formula is C15H28N4O. The maximum atomic E-state index is 6.04. The normalized spacial score (nSPS) is 24.1. The van der Waals surface area contributed by atoms with Crippen LogP contribution < -0.4 is 10.5 Å². The lowest BCUT2D eigenvalue weighted by molar-refractivity contribution is 0.0933. The molecule has 0 aliphatic carbocycles. The lowest BCUT2D eigenvalue weighted by Gasteiger charge is -2.41. The monoisotopic (exact) mass is 280 g/mol. The summed E-state index contributed by atoms with van der Waals surface area (Å²) in [5, 5.41) is 4.54. The van der Waals surface area contributed by atoms with Crippen molar-refractivity contribution in [3.05, 3.63) is 11.3 Å².